The highest BCUT2D eigenvalue weighted by molar-refractivity contribution is 5.95. The third kappa shape index (κ3) is 2.99. The van der Waals surface area contributed by atoms with Crippen molar-refractivity contribution < 1.29 is 13.9 Å². The first-order chi connectivity index (χ1) is 9.93. The van der Waals surface area contributed by atoms with Gasteiger partial charge in [-0.15, -0.1) is 0 Å². The number of rotatable bonds is 3. The lowest BCUT2D eigenvalue weighted by atomic mass is 10.1. The number of anilines is 1. The minimum Gasteiger partial charge on any atom is -0.462 e. The maximum atomic E-state index is 13.6. The molecule has 1 aromatic heterocycles. The minimum absolute atomic E-state index is 0.0249. The maximum Gasteiger partial charge on any atom is 0.343 e. The molecule has 0 unspecified atom stereocenters. The second-order valence-electron chi connectivity index (χ2n) is 4.58. The smallest absolute Gasteiger partial charge is 0.343 e. The summed E-state index contributed by atoms with van der Waals surface area (Å²) in [6, 6.07) is 4.68. The summed E-state index contributed by atoms with van der Waals surface area (Å²) >= 11 is 0. The van der Waals surface area contributed by atoms with Crippen LogP contribution in [-0.2, 0) is 4.74 Å². The quantitative estimate of drug-likeness (QED) is 0.879. The number of ether oxygens (including phenoxy) is 1. The highest BCUT2D eigenvalue weighted by atomic mass is 19.1. The van der Waals surface area contributed by atoms with Gasteiger partial charge < -0.3 is 10.5 Å². The Labute approximate surface area is 122 Å². The van der Waals surface area contributed by atoms with E-state index < -0.39 is 5.97 Å². The number of carbonyl (C=O) groups is 1. The summed E-state index contributed by atoms with van der Waals surface area (Å²) < 4.78 is 18.5. The molecule has 5 nitrogen and oxygen atoms in total. The summed E-state index contributed by atoms with van der Waals surface area (Å²) in [7, 11) is 0. The standard InChI is InChI=1S/C15H16FN3O2/c1-4-21-15(20)12-9(3)18-14(19-13(12)17)10-6-5-8(2)11(16)7-10/h5-7H,4H2,1-3H3,(H2,17,18,19). The number of nitrogen functional groups attached to an aromatic ring is 1. The topological polar surface area (TPSA) is 78.1 Å². The lowest BCUT2D eigenvalue weighted by molar-refractivity contribution is 0.0526. The van der Waals surface area contributed by atoms with E-state index in [1.165, 1.54) is 6.07 Å². The van der Waals surface area contributed by atoms with Crippen LogP contribution in [0.5, 0.6) is 0 Å². The van der Waals surface area contributed by atoms with Gasteiger partial charge in [-0.3, -0.25) is 0 Å². The summed E-state index contributed by atoms with van der Waals surface area (Å²) in [5, 5.41) is 0. The number of aromatic nitrogens is 2. The van der Waals surface area contributed by atoms with Crippen molar-refractivity contribution in [1.29, 1.82) is 0 Å². The van der Waals surface area contributed by atoms with Gasteiger partial charge in [0.05, 0.1) is 12.3 Å². The molecule has 0 saturated heterocycles. The van der Waals surface area contributed by atoms with Crippen LogP contribution >= 0.6 is 0 Å². The van der Waals surface area contributed by atoms with Crippen LogP contribution < -0.4 is 5.73 Å². The van der Waals surface area contributed by atoms with Gasteiger partial charge in [-0.2, -0.15) is 0 Å². The van der Waals surface area contributed by atoms with Crippen LogP contribution in [0.15, 0.2) is 18.2 Å². The molecule has 1 aromatic carbocycles. The molecule has 2 aromatic rings. The largest absolute Gasteiger partial charge is 0.462 e. The lowest BCUT2D eigenvalue weighted by Crippen LogP contribution is -2.13. The molecule has 0 saturated carbocycles. The van der Waals surface area contributed by atoms with Gasteiger partial charge in [-0.25, -0.2) is 19.2 Å². The molecule has 0 aliphatic carbocycles. The Hall–Kier alpha value is -2.50. The summed E-state index contributed by atoms with van der Waals surface area (Å²) in [6.07, 6.45) is 0. The second-order valence-corrected chi connectivity index (χ2v) is 4.58. The molecule has 0 bridgehead atoms. The minimum atomic E-state index is -0.561. The van der Waals surface area contributed by atoms with Crippen LogP contribution in [0.4, 0.5) is 10.2 Å². The number of hydrogen-bond donors (Lipinski definition) is 1. The number of nitrogens with zero attached hydrogens (tertiary/aromatic N) is 2. The number of benzene rings is 1. The zero-order chi connectivity index (χ0) is 15.6. The summed E-state index contributed by atoms with van der Waals surface area (Å²) in [5.74, 6) is -0.607. The molecule has 2 rings (SSSR count). The van der Waals surface area contributed by atoms with Gasteiger partial charge in [0, 0.05) is 5.56 Å². The highest BCUT2D eigenvalue weighted by Crippen LogP contribution is 2.22. The van der Waals surface area contributed by atoms with Crippen molar-refractivity contribution in [3.05, 3.63) is 40.8 Å². The zero-order valence-corrected chi connectivity index (χ0v) is 12.1. The Morgan fingerprint density at radius 3 is 2.62 bits per heavy atom. The number of nitrogens with two attached hydrogens (primary N) is 1. The summed E-state index contributed by atoms with van der Waals surface area (Å²) in [4.78, 5) is 20.1. The van der Waals surface area contributed by atoms with E-state index in [2.05, 4.69) is 9.97 Å². The lowest BCUT2D eigenvalue weighted by Gasteiger charge is -2.10. The Kier molecular flexibility index (Phi) is 4.16. The van der Waals surface area contributed by atoms with Gasteiger partial charge in [0.1, 0.15) is 17.2 Å². The van der Waals surface area contributed by atoms with E-state index >= 15 is 0 Å². The molecule has 6 heteroatoms. The van der Waals surface area contributed by atoms with Crippen molar-refractivity contribution in [2.45, 2.75) is 20.8 Å². The molecule has 2 N–H and O–H groups in total. The second kappa shape index (κ2) is 5.87. The monoisotopic (exact) mass is 289 g/mol. The third-order valence-electron chi connectivity index (χ3n) is 3.03. The van der Waals surface area contributed by atoms with E-state index in [9.17, 15) is 9.18 Å². The number of halogens is 1. The number of carbonyl (C=O) groups excluding carboxylic acids is 1. The van der Waals surface area contributed by atoms with Crippen molar-refractivity contribution in [2.75, 3.05) is 12.3 Å². The SMILES string of the molecule is CCOC(=O)c1c(C)nc(-c2ccc(C)c(F)c2)nc1N. The predicted molar refractivity (Wildman–Crippen MR) is 77.3 cm³/mol. The van der Waals surface area contributed by atoms with Gasteiger partial charge in [0.15, 0.2) is 5.82 Å². The van der Waals surface area contributed by atoms with Crippen molar-refractivity contribution in [2.24, 2.45) is 0 Å². The molecule has 0 aliphatic rings. The zero-order valence-electron chi connectivity index (χ0n) is 12.1. The average Bonchev–Trinajstić information content (AvgIpc) is 2.41. The number of aryl methyl sites for hydroxylation is 2. The Morgan fingerprint density at radius 2 is 2.05 bits per heavy atom. The highest BCUT2D eigenvalue weighted by Gasteiger charge is 2.18. The van der Waals surface area contributed by atoms with Gasteiger partial charge >= 0.3 is 5.97 Å². The van der Waals surface area contributed by atoms with Gasteiger partial charge in [-0.1, -0.05) is 12.1 Å². The van der Waals surface area contributed by atoms with E-state index in [0.29, 0.717) is 16.8 Å². The van der Waals surface area contributed by atoms with Gasteiger partial charge in [0.25, 0.3) is 0 Å². The number of esters is 1. The fourth-order valence-electron chi connectivity index (χ4n) is 1.91. The van der Waals surface area contributed by atoms with E-state index in [1.54, 1.807) is 32.9 Å². The maximum absolute atomic E-state index is 13.6. The molecule has 1 heterocycles. The molecule has 0 aliphatic heterocycles. The molecule has 0 radical (unpaired) electrons. The molecule has 0 spiro atoms. The normalized spacial score (nSPS) is 10.5. The van der Waals surface area contributed by atoms with Crippen LogP contribution in [0, 0.1) is 19.7 Å². The molecule has 0 atom stereocenters. The summed E-state index contributed by atoms with van der Waals surface area (Å²) in [5.41, 5.74) is 7.40. The van der Waals surface area contributed by atoms with E-state index in [4.69, 9.17) is 10.5 Å². The van der Waals surface area contributed by atoms with Crippen LogP contribution in [0.2, 0.25) is 0 Å². The molecular formula is C15H16FN3O2. The van der Waals surface area contributed by atoms with E-state index in [-0.39, 0.29) is 29.6 Å². The Balaban J connectivity index is 2.48. The fraction of sp³-hybridized carbons (Fsp3) is 0.267. The fourth-order valence-corrected chi connectivity index (χ4v) is 1.91. The summed E-state index contributed by atoms with van der Waals surface area (Å²) in [6.45, 7) is 5.25. The van der Waals surface area contributed by atoms with Crippen molar-refractivity contribution in [3.8, 4) is 11.4 Å². The first-order valence-corrected chi connectivity index (χ1v) is 6.51. The first kappa shape index (κ1) is 14.9. The van der Waals surface area contributed by atoms with E-state index in [1.807, 2.05) is 0 Å². The average molecular weight is 289 g/mol. The van der Waals surface area contributed by atoms with Crippen molar-refractivity contribution in [1.82, 2.24) is 9.97 Å². The van der Waals surface area contributed by atoms with Crippen LogP contribution in [0.1, 0.15) is 28.5 Å². The molecule has 0 amide bonds. The third-order valence-corrected chi connectivity index (χ3v) is 3.03. The Bertz CT molecular complexity index is 678. The molecule has 0 fully saturated rings. The molecule has 21 heavy (non-hydrogen) atoms. The van der Waals surface area contributed by atoms with Gasteiger partial charge in [-0.05, 0) is 32.4 Å². The van der Waals surface area contributed by atoms with Gasteiger partial charge in [0.2, 0.25) is 0 Å². The molecule has 110 valence electrons. The van der Waals surface area contributed by atoms with Crippen molar-refractivity contribution >= 4 is 11.8 Å². The number of hydrogen-bond acceptors (Lipinski definition) is 5. The van der Waals surface area contributed by atoms with E-state index in [0.717, 1.165) is 0 Å². The van der Waals surface area contributed by atoms with Crippen molar-refractivity contribution in [3.63, 3.8) is 0 Å². The molecular weight excluding hydrogens is 273 g/mol. The van der Waals surface area contributed by atoms with Crippen LogP contribution in [-0.4, -0.2) is 22.5 Å². The predicted octanol–water partition coefficient (Wildman–Crippen LogP) is 2.66. The Morgan fingerprint density at radius 1 is 1.33 bits per heavy atom. The van der Waals surface area contributed by atoms with Crippen LogP contribution in [0.3, 0.4) is 0 Å². The van der Waals surface area contributed by atoms with Crippen LogP contribution in [0.25, 0.3) is 11.4 Å². The first-order valence-electron chi connectivity index (χ1n) is 6.51.